The van der Waals surface area contributed by atoms with E-state index in [1.54, 1.807) is 0 Å². The second kappa shape index (κ2) is 6.01. The van der Waals surface area contributed by atoms with E-state index in [0.29, 0.717) is 4.88 Å². The van der Waals surface area contributed by atoms with E-state index in [1.807, 2.05) is 0 Å². The number of nitrogens with zero attached hydrogens (tertiary/aromatic N) is 1. The van der Waals surface area contributed by atoms with Crippen molar-refractivity contribution in [1.82, 2.24) is 15.0 Å². The molecule has 1 aliphatic rings. The first-order valence-corrected chi connectivity index (χ1v) is 7.19. The molecule has 6 nitrogen and oxygen atoms in total. The van der Waals surface area contributed by atoms with E-state index >= 15 is 0 Å². The number of aromatic nitrogens is 1. The van der Waals surface area contributed by atoms with Gasteiger partial charge >= 0.3 is 0 Å². The number of nitrogens with one attached hydrogen (secondary N) is 2. The average Bonchev–Trinajstić information content (AvgIpc) is 2.81. The first kappa shape index (κ1) is 13.8. The van der Waals surface area contributed by atoms with Gasteiger partial charge in [0.25, 0.3) is 11.8 Å². The van der Waals surface area contributed by atoms with Gasteiger partial charge in [0.05, 0.1) is 5.69 Å². The summed E-state index contributed by atoms with van der Waals surface area (Å²) in [7, 11) is 1.50. The van der Waals surface area contributed by atoms with Gasteiger partial charge in [0.1, 0.15) is 4.88 Å². The number of anilines is 1. The van der Waals surface area contributed by atoms with Crippen molar-refractivity contribution in [3.05, 3.63) is 10.6 Å². The van der Waals surface area contributed by atoms with E-state index in [2.05, 4.69) is 15.0 Å². The second-order valence-electron chi connectivity index (χ2n) is 4.66. The quantitative estimate of drug-likeness (QED) is 0.774. The highest BCUT2D eigenvalue weighted by Gasteiger charge is 2.23. The number of rotatable bonds is 3. The van der Waals surface area contributed by atoms with Gasteiger partial charge in [-0.1, -0.05) is 19.3 Å². The third kappa shape index (κ3) is 3.04. The number of nitrogens with two attached hydrogens (primary N) is 1. The first-order valence-electron chi connectivity index (χ1n) is 6.41. The van der Waals surface area contributed by atoms with Crippen LogP contribution in [0.3, 0.4) is 0 Å². The van der Waals surface area contributed by atoms with E-state index < -0.39 is 0 Å². The van der Waals surface area contributed by atoms with Crippen molar-refractivity contribution >= 4 is 29.0 Å². The molecule has 0 aliphatic heterocycles. The van der Waals surface area contributed by atoms with Gasteiger partial charge in [0.2, 0.25) is 0 Å². The molecule has 0 radical (unpaired) electrons. The zero-order chi connectivity index (χ0) is 13.8. The Morgan fingerprint density at radius 2 is 1.95 bits per heavy atom. The number of nitrogen functional groups attached to an aromatic ring is 1. The molecular weight excluding hydrogens is 264 g/mol. The first-order chi connectivity index (χ1) is 9.13. The van der Waals surface area contributed by atoms with E-state index in [4.69, 9.17) is 5.73 Å². The van der Waals surface area contributed by atoms with Crippen molar-refractivity contribution in [2.75, 3.05) is 12.8 Å². The molecule has 19 heavy (non-hydrogen) atoms. The molecule has 1 saturated carbocycles. The molecule has 1 aromatic heterocycles. The zero-order valence-corrected chi connectivity index (χ0v) is 11.7. The van der Waals surface area contributed by atoms with Crippen LogP contribution in [-0.2, 0) is 0 Å². The fraction of sp³-hybridized carbons (Fsp3) is 0.583. The fourth-order valence-electron chi connectivity index (χ4n) is 2.24. The highest BCUT2D eigenvalue weighted by molar-refractivity contribution is 7.09. The van der Waals surface area contributed by atoms with Crippen LogP contribution in [0.2, 0.25) is 0 Å². The number of amides is 2. The highest BCUT2D eigenvalue weighted by Crippen LogP contribution is 2.23. The number of carbonyl (C=O) groups excluding carboxylic acids is 2. The van der Waals surface area contributed by atoms with Crippen LogP contribution in [-0.4, -0.2) is 29.3 Å². The third-order valence-corrected chi connectivity index (χ3v) is 4.18. The molecule has 2 amide bonds. The normalized spacial score (nSPS) is 16.1. The standard InChI is InChI=1S/C12H18N4O2S/c1-14-11(17)9-8(13)10(19-16-9)12(18)15-7-5-3-2-4-6-7/h7H,2-6,13H2,1H3,(H,14,17)(H,15,18). The topological polar surface area (TPSA) is 97.1 Å². The minimum atomic E-state index is -0.370. The Kier molecular flexibility index (Phi) is 4.36. The molecular formula is C12H18N4O2S. The summed E-state index contributed by atoms with van der Waals surface area (Å²) < 4.78 is 3.94. The van der Waals surface area contributed by atoms with Gasteiger partial charge in [0, 0.05) is 13.1 Å². The Labute approximate surface area is 115 Å². The molecule has 1 aliphatic carbocycles. The van der Waals surface area contributed by atoms with Gasteiger partial charge in [-0.15, -0.1) is 0 Å². The van der Waals surface area contributed by atoms with Crippen LogP contribution >= 0.6 is 11.5 Å². The van der Waals surface area contributed by atoms with Crippen molar-refractivity contribution in [3.8, 4) is 0 Å². The van der Waals surface area contributed by atoms with Crippen LogP contribution in [0.4, 0.5) is 5.69 Å². The Balaban J connectivity index is 2.06. The third-order valence-electron chi connectivity index (χ3n) is 3.32. The Morgan fingerprint density at radius 3 is 2.58 bits per heavy atom. The monoisotopic (exact) mass is 282 g/mol. The largest absolute Gasteiger partial charge is 0.395 e. The van der Waals surface area contributed by atoms with Gasteiger partial charge < -0.3 is 16.4 Å². The fourth-order valence-corrected chi connectivity index (χ4v) is 2.94. The predicted octanol–water partition coefficient (Wildman–Crippen LogP) is 1.15. The van der Waals surface area contributed by atoms with Crippen LogP contribution in [0.1, 0.15) is 52.3 Å². The molecule has 4 N–H and O–H groups in total. The molecule has 0 spiro atoms. The summed E-state index contributed by atoms with van der Waals surface area (Å²) in [6.07, 6.45) is 5.54. The van der Waals surface area contributed by atoms with Crippen molar-refractivity contribution < 1.29 is 9.59 Å². The highest BCUT2D eigenvalue weighted by atomic mass is 32.1. The molecule has 0 saturated heterocycles. The summed E-state index contributed by atoms with van der Waals surface area (Å²) in [6.45, 7) is 0. The molecule has 2 rings (SSSR count). The maximum absolute atomic E-state index is 12.1. The maximum atomic E-state index is 12.1. The lowest BCUT2D eigenvalue weighted by molar-refractivity contribution is 0.0932. The number of hydrogen-bond acceptors (Lipinski definition) is 5. The van der Waals surface area contributed by atoms with E-state index in [9.17, 15) is 9.59 Å². The van der Waals surface area contributed by atoms with Crippen molar-refractivity contribution in [2.45, 2.75) is 38.1 Å². The molecule has 1 heterocycles. The SMILES string of the molecule is CNC(=O)c1nsc(C(=O)NC2CCCCC2)c1N. The Bertz CT molecular complexity index is 480. The second-order valence-corrected chi connectivity index (χ2v) is 5.43. The molecule has 0 atom stereocenters. The zero-order valence-electron chi connectivity index (χ0n) is 10.9. The van der Waals surface area contributed by atoms with E-state index in [-0.39, 0.29) is 29.2 Å². The summed E-state index contributed by atoms with van der Waals surface area (Å²) >= 11 is 0.969. The molecule has 0 unspecified atom stereocenters. The average molecular weight is 282 g/mol. The van der Waals surface area contributed by atoms with Gasteiger partial charge in [0.15, 0.2) is 5.69 Å². The summed E-state index contributed by atoms with van der Waals surface area (Å²) in [4.78, 5) is 23.9. The van der Waals surface area contributed by atoms with Gasteiger partial charge in [-0.25, -0.2) is 0 Å². The summed E-state index contributed by atoms with van der Waals surface area (Å²) in [5.74, 6) is -0.595. The predicted molar refractivity (Wildman–Crippen MR) is 74.3 cm³/mol. The lowest BCUT2D eigenvalue weighted by Crippen LogP contribution is -2.36. The molecule has 0 aromatic carbocycles. The van der Waals surface area contributed by atoms with Crippen LogP contribution in [0.5, 0.6) is 0 Å². The van der Waals surface area contributed by atoms with Gasteiger partial charge in [-0.05, 0) is 24.4 Å². The Hall–Kier alpha value is -1.63. The van der Waals surface area contributed by atoms with E-state index in [1.165, 1.54) is 13.5 Å². The van der Waals surface area contributed by atoms with Crippen molar-refractivity contribution in [1.29, 1.82) is 0 Å². The summed E-state index contributed by atoms with van der Waals surface area (Å²) in [6, 6.07) is 0.214. The smallest absolute Gasteiger partial charge is 0.272 e. The lowest BCUT2D eigenvalue weighted by Gasteiger charge is -2.22. The van der Waals surface area contributed by atoms with Crippen molar-refractivity contribution in [3.63, 3.8) is 0 Å². The molecule has 1 fully saturated rings. The van der Waals surface area contributed by atoms with Gasteiger partial charge in [-0.3, -0.25) is 9.59 Å². The minimum Gasteiger partial charge on any atom is -0.395 e. The Morgan fingerprint density at radius 1 is 1.26 bits per heavy atom. The van der Waals surface area contributed by atoms with Crippen LogP contribution in [0.15, 0.2) is 0 Å². The van der Waals surface area contributed by atoms with Crippen LogP contribution < -0.4 is 16.4 Å². The summed E-state index contributed by atoms with van der Waals surface area (Å²) in [5, 5.41) is 5.42. The maximum Gasteiger partial charge on any atom is 0.272 e. The molecule has 104 valence electrons. The van der Waals surface area contributed by atoms with Crippen LogP contribution in [0.25, 0.3) is 0 Å². The summed E-state index contributed by atoms with van der Waals surface area (Å²) in [5.41, 5.74) is 6.10. The number of hydrogen-bond donors (Lipinski definition) is 3. The van der Waals surface area contributed by atoms with Crippen LogP contribution in [0, 0.1) is 0 Å². The number of carbonyl (C=O) groups is 2. The van der Waals surface area contributed by atoms with Gasteiger partial charge in [-0.2, -0.15) is 4.37 Å². The molecule has 1 aromatic rings. The minimum absolute atomic E-state index is 0.126. The van der Waals surface area contributed by atoms with Crippen molar-refractivity contribution in [2.24, 2.45) is 0 Å². The van der Waals surface area contributed by atoms with E-state index in [0.717, 1.165) is 37.2 Å². The molecule has 7 heteroatoms. The molecule has 0 bridgehead atoms. The lowest BCUT2D eigenvalue weighted by atomic mass is 9.95.